The molecule has 5 nitrogen and oxygen atoms in total. The number of anilines is 1. The van der Waals surface area contributed by atoms with Crippen molar-refractivity contribution in [2.24, 2.45) is 5.84 Å². The molecule has 88 valence electrons. The topological polar surface area (TPSA) is 72.9 Å². The van der Waals surface area contributed by atoms with Crippen LogP contribution in [-0.2, 0) is 6.54 Å². The molecule has 5 heteroatoms. The Morgan fingerprint density at radius 3 is 3.00 bits per heavy atom. The summed E-state index contributed by atoms with van der Waals surface area (Å²) in [5.41, 5.74) is 4.32. The summed E-state index contributed by atoms with van der Waals surface area (Å²) in [6.45, 7) is 2.34. The van der Waals surface area contributed by atoms with Gasteiger partial charge in [-0.15, -0.1) is 0 Å². The van der Waals surface area contributed by atoms with Gasteiger partial charge in [0.15, 0.2) is 0 Å². The zero-order valence-corrected chi connectivity index (χ0v) is 9.55. The first-order chi connectivity index (χ1) is 8.20. The summed E-state index contributed by atoms with van der Waals surface area (Å²) in [7, 11) is 0. The van der Waals surface area contributed by atoms with Crippen LogP contribution in [0.5, 0.6) is 0 Å². The number of nitrogen functional groups attached to an aromatic ring is 1. The van der Waals surface area contributed by atoms with E-state index in [9.17, 15) is 4.79 Å². The Morgan fingerprint density at radius 2 is 2.29 bits per heavy atom. The molecular weight excluding hydrogens is 216 g/mol. The Kier molecular flexibility index (Phi) is 3.20. The number of hydrogen-bond acceptors (Lipinski definition) is 4. The fourth-order valence-electron chi connectivity index (χ4n) is 1.62. The normalized spacial score (nSPS) is 10.2. The van der Waals surface area contributed by atoms with Crippen molar-refractivity contribution < 1.29 is 0 Å². The molecule has 3 N–H and O–H groups in total. The summed E-state index contributed by atoms with van der Waals surface area (Å²) in [5, 5.41) is 0. The average Bonchev–Trinajstić information content (AvgIpc) is 2.33. The molecule has 17 heavy (non-hydrogen) atoms. The number of nitrogens with zero attached hydrogens (tertiary/aromatic N) is 2. The van der Waals surface area contributed by atoms with Crippen LogP contribution in [0.2, 0.25) is 0 Å². The molecule has 0 unspecified atom stereocenters. The van der Waals surface area contributed by atoms with Gasteiger partial charge in [-0.25, -0.2) is 10.8 Å². The van der Waals surface area contributed by atoms with Crippen molar-refractivity contribution in [2.75, 3.05) is 5.43 Å². The van der Waals surface area contributed by atoms with E-state index in [-0.39, 0.29) is 5.56 Å². The fourth-order valence-corrected chi connectivity index (χ4v) is 1.62. The lowest BCUT2D eigenvalue weighted by atomic mass is 10.2. The molecule has 0 aliphatic heterocycles. The Labute approximate surface area is 98.9 Å². The third kappa shape index (κ3) is 2.51. The minimum atomic E-state index is -0.0307. The average molecular weight is 230 g/mol. The number of hydrogen-bond donors (Lipinski definition) is 2. The van der Waals surface area contributed by atoms with Crippen molar-refractivity contribution in [1.82, 2.24) is 9.55 Å². The second-order valence-corrected chi connectivity index (χ2v) is 3.83. The third-order valence-electron chi connectivity index (χ3n) is 2.52. The van der Waals surface area contributed by atoms with Crippen LogP contribution < -0.4 is 16.8 Å². The summed E-state index contributed by atoms with van der Waals surface area (Å²) >= 11 is 0. The molecule has 2 aromatic rings. The Bertz CT molecular complexity index is 577. The molecule has 0 aromatic carbocycles. The van der Waals surface area contributed by atoms with Crippen LogP contribution in [0.4, 0.5) is 5.82 Å². The zero-order chi connectivity index (χ0) is 12.3. The summed E-state index contributed by atoms with van der Waals surface area (Å²) in [6, 6.07) is 7.20. The number of hydrazine groups is 1. The van der Waals surface area contributed by atoms with Gasteiger partial charge in [0.1, 0.15) is 5.82 Å². The smallest absolute Gasteiger partial charge is 0.251 e. The van der Waals surface area contributed by atoms with Crippen molar-refractivity contribution >= 4 is 5.82 Å². The standard InChI is InChI=1S/C12H14N4O/c1-9-4-6-16(11(17)7-9)8-10-3-2-5-14-12(10)15-13/h2-7H,8,13H2,1H3,(H,14,15). The van der Waals surface area contributed by atoms with E-state index in [2.05, 4.69) is 10.4 Å². The highest BCUT2D eigenvalue weighted by Gasteiger charge is 2.03. The molecule has 0 amide bonds. The van der Waals surface area contributed by atoms with Gasteiger partial charge < -0.3 is 9.99 Å². The summed E-state index contributed by atoms with van der Waals surface area (Å²) in [6.07, 6.45) is 3.42. The SMILES string of the molecule is Cc1ccn(Cc2cccnc2NN)c(=O)c1. The van der Waals surface area contributed by atoms with Crippen LogP contribution >= 0.6 is 0 Å². The van der Waals surface area contributed by atoms with Crippen molar-refractivity contribution in [2.45, 2.75) is 13.5 Å². The minimum Gasteiger partial charge on any atom is -0.311 e. The van der Waals surface area contributed by atoms with E-state index >= 15 is 0 Å². The number of nitrogens with two attached hydrogens (primary N) is 1. The largest absolute Gasteiger partial charge is 0.311 e. The van der Waals surface area contributed by atoms with Crippen LogP contribution in [0.3, 0.4) is 0 Å². The predicted octanol–water partition coefficient (Wildman–Crippen LogP) is 0.886. The lowest BCUT2D eigenvalue weighted by molar-refractivity contribution is 0.755. The number of pyridine rings is 2. The molecule has 2 heterocycles. The van der Waals surface area contributed by atoms with Crippen LogP contribution in [-0.4, -0.2) is 9.55 Å². The van der Waals surface area contributed by atoms with Crippen LogP contribution in [0.25, 0.3) is 0 Å². The number of rotatable bonds is 3. The van der Waals surface area contributed by atoms with E-state index in [0.29, 0.717) is 12.4 Å². The van der Waals surface area contributed by atoms with Gasteiger partial charge in [-0.05, 0) is 24.6 Å². The van der Waals surface area contributed by atoms with Crippen LogP contribution in [0, 0.1) is 6.92 Å². The molecule has 0 spiro atoms. The first kappa shape index (κ1) is 11.3. The van der Waals surface area contributed by atoms with Crippen molar-refractivity contribution in [3.63, 3.8) is 0 Å². The van der Waals surface area contributed by atoms with Gasteiger partial charge in [0, 0.05) is 24.0 Å². The van der Waals surface area contributed by atoms with E-state index in [1.807, 2.05) is 25.1 Å². The Hall–Kier alpha value is -2.14. The van der Waals surface area contributed by atoms with Crippen molar-refractivity contribution in [3.8, 4) is 0 Å². The van der Waals surface area contributed by atoms with Gasteiger partial charge in [-0.1, -0.05) is 6.07 Å². The molecule has 0 bridgehead atoms. The summed E-state index contributed by atoms with van der Waals surface area (Å²) < 4.78 is 1.62. The monoisotopic (exact) mass is 230 g/mol. The highest BCUT2D eigenvalue weighted by atomic mass is 16.1. The van der Waals surface area contributed by atoms with Gasteiger partial charge in [-0.3, -0.25) is 4.79 Å². The maximum Gasteiger partial charge on any atom is 0.251 e. The quantitative estimate of drug-likeness (QED) is 0.606. The van der Waals surface area contributed by atoms with Crippen LogP contribution in [0.15, 0.2) is 41.5 Å². The van der Waals surface area contributed by atoms with E-state index in [1.165, 1.54) is 0 Å². The van der Waals surface area contributed by atoms with E-state index in [0.717, 1.165) is 11.1 Å². The van der Waals surface area contributed by atoms with E-state index in [1.54, 1.807) is 23.0 Å². The maximum atomic E-state index is 11.7. The first-order valence-corrected chi connectivity index (χ1v) is 5.28. The highest BCUT2D eigenvalue weighted by molar-refractivity contribution is 5.42. The zero-order valence-electron chi connectivity index (χ0n) is 9.55. The molecule has 0 radical (unpaired) electrons. The van der Waals surface area contributed by atoms with E-state index < -0.39 is 0 Å². The van der Waals surface area contributed by atoms with Crippen molar-refractivity contribution in [3.05, 3.63) is 58.1 Å². The molecule has 0 saturated carbocycles. The van der Waals surface area contributed by atoms with E-state index in [4.69, 9.17) is 5.84 Å². The molecule has 0 saturated heterocycles. The highest BCUT2D eigenvalue weighted by Crippen LogP contribution is 2.10. The Balaban J connectivity index is 2.35. The number of aryl methyl sites for hydroxylation is 1. The number of nitrogens with one attached hydrogen (secondary N) is 1. The first-order valence-electron chi connectivity index (χ1n) is 5.28. The van der Waals surface area contributed by atoms with Gasteiger partial charge in [-0.2, -0.15) is 0 Å². The van der Waals surface area contributed by atoms with Crippen molar-refractivity contribution in [1.29, 1.82) is 0 Å². The predicted molar refractivity (Wildman–Crippen MR) is 66.6 cm³/mol. The lowest BCUT2D eigenvalue weighted by Crippen LogP contribution is -2.21. The van der Waals surface area contributed by atoms with Gasteiger partial charge in [0.05, 0.1) is 6.54 Å². The molecule has 2 aromatic heterocycles. The van der Waals surface area contributed by atoms with Gasteiger partial charge in [0.2, 0.25) is 0 Å². The second kappa shape index (κ2) is 4.80. The lowest BCUT2D eigenvalue weighted by Gasteiger charge is -2.09. The second-order valence-electron chi connectivity index (χ2n) is 3.83. The molecular formula is C12H14N4O. The molecule has 0 fully saturated rings. The Morgan fingerprint density at radius 1 is 1.47 bits per heavy atom. The fraction of sp³-hybridized carbons (Fsp3) is 0.167. The molecule has 0 aliphatic rings. The summed E-state index contributed by atoms with van der Waals surface area (Å²) in [5.74, 6) is 5.95. The molecule has 0 atom stereocenters. The number of aromatic nitrogens is 2. The minimum absolute atomic E-state index is 0.0307. The summed E-state index contributed by atoms with van der Waals surface area (Å²) in [4.78, 5) is 15.8. The molecule has 0 aliphatic carbocycles. The third-order valence-corrected chi connectivity index (χ3v) is 2.52. The van der Waals surface area contributed by atoms with Gasteiger partial charge >= 0.3 is 0 Å². The molecule has 2 rings (SSSR count). The van der Waals surface area contributed by atoms with Gasteiger partial charge in [0.25, 0.3) is 5.56 Å². The van der Waals surface area contributed by atoms with Crippen LogP contribution in [0.1, 0.15) is 11.1 Å². The maximum absolute atomic E-state index is 11.7.